The molecular formula is C14H14BrFO. The van der Waals surface area contributed by atoms with Crippen molar-refractivity contribution in [1.82, 2.24) is 0 Å². The Morgan fingerprint density at radius 2 is 2.00 bits per heavy atom. The third-order valence-corrected chi connectivity index (χ3v) is 4.67. The fraction of sp³-hybridized carbons (Fsp3) is 0.500. The average molecular weight is 297 g/mol. The second-order valence-corrected chi connectivity index (χ2v) is 6.17. The third kappa shape index (κ3) is 2.30. The van der Waals surface area contributed by atoms with Crippen LogP contribution < -0.4 is 0 Å². The molecule has 0 bridgehead atoms. The van der Waals surface area contributed by atoms with E-state index in [4.69, 9.17) is 0 Å². The van der Waals surface area contributed by atoms with E-state index in [9.17, 15) is 9.18 Å². The van der Waals surface area contributed by atoms with Gasteiger partial charge in [-0.2, -0.15) is 0 Å². The van der Waals surface area contributed by atoms with Crippen molar-refractivity contribution in [2.75, 3.05) is 0 Å². The third-order valence-electron chi connectivity index (χ3n) is 4.06. The molecule has 2 fully saturated rings. The minimum atomic E-state index is -0.275. The van der Waals surface area contributed by atoms with Gasteiger partial charge in [-0.05, 0) is 64.7 Å². The van der Waals surface area contributed by atoms with Crippen LogP contribution in [0.4, 0.5) is 4.39 Å². The van der Waals surface area contributed by atoms with E-state index in [0.717, 1.165) is 30.2 Å². The van der Waals surface area contributed by atoms with Crippen LogP contribution in [0.1, 0.15) is 24.8 Å². The number of Topliss-reactive ketones (excluding diaryl/α,β-unsaturated/α-hetero) is 1. The molecule has 0 radical (unpaired) electrons. The van der Waals surface area contributed by atoms with Crippen LogP contribution >= 0.6 is 15.9 Å². The molecule has 1 aromatic carbocycles. The number of ketones is 1. The molecule has 90 valence electrons. The van der Waals surface area contributed by atoms with E-state index in [2.05, 4.69) is 15.9 Å². The van der Waals surface area contributed by atoms with Crippen molar-refractivity contribution in [3.8, 4) is 0 Å². The number of carbonyl (C=O) groups is 1. The lowest BCUT2D eigenvalue weighted by Crippen LogP contribution is -2.15. The van der Waals surface area contributed by atoms with Crippen LogP contribution in [0.2, 0.25) is 0 Å². The molecule has 2 aliphatic carbocycles. The zero-order valence-corrected chi connectivity index (χ0v) is 11.0. The van der Waals surface area contributed by atoms with Gasteiger partial charge >= 0.3 is 0 Å². The van der Waals surface area contributed by atoms with Crippen molar-refractivity contribution in [2.45, 2.75) is 25.7 Å². The van der Waals surface area contributed by atoms with Gasteiger partial charge in [0, 0.05) is 12.3 Å². The van der Waals surface area contributed by atoms with Gasteiger partial charge in [0.05, 0.1) is 4.47 Å². The van der Waals surface area contributed by atoms with Crippen LogP contribution in [0, 0.1) is 23.6 Å². The van der Waals surface area contributed by atoms with Crippen molar-refractivity contribution < 1.29 is 9.18 Å². The largest absolute Gasteiger partial charge is 0.299 e. The monoisotopic (exact) mass is 296 g/mol. The summed E-state index contributed by atoms with van der Waals surface area (Å²) in [5, 5.41) is 0. The Balaban J connectivity index is 1.65. The Bertz CT molecular complexity index is 461. The highest BCUT2D eigenvalue weighted by atomic mass is 79.9. The number of rotatable bonds is 3. The van der Waals surface area contributed by atoms with E-state index < -0.39 is 0 Å². The van der Waals surface area contributed by atoms with Gasteiger partial charge in [-0.3, -0.25) is 4.79 Å². The lowest BCUT2D eigenvalue weighted by Gasteiger charge is -2.10. The van der Waals surface area contributed by atoms with Crippen LogP contribution in [0.25, 0.3) is 0 Å². The Hall–Kier alpha value is -0.700. The maximum atomic E-state index is 13.1. The van der Waals surface area contributed by atoms with E-state index in [1.165, 1.54) is 12.5 Å². The van der Waals surface area contributed by atoms with Gasteiger partial charge in [0.15, 0.2) is 0 Å². The Labute approximate surface area is 109 Å². The first kappa shape index (κ1) is 11.4. The summed E-state index contributed by atoms with van der Waals surface area (Å²) >= 11 is 3.15. The van der Waals surface area contributed by atoms with E-state index in [1.807, 2.05) is 0 Å². The van der Waals surface area contributed by atoms with Gasteiger partial charge in [0.25, 0.3) is 0 Å². The zero-order chi connectivity index (χ0) is 12.0. The molecule has 0 heterocycles. The van der Waals surface area contributed by atoms with Crippen LogP contribution in [-0.4, -0.2) is 5.78 Å². The number of benzene rings is 1. The van der Waals surface area contributed by atoms with Gasteiger partial charge in [-0.1, -0.05) is 6.07 Å². The molecule has 2 atom stereocenters. The highest BCUT2D eigenvalue weighted by Crippen LogP contribution is 2.54. The summed E-state index contributed by atoms with van der Waals surface area (Å²) in [6.07, 6.45) is 3.96. The van der Waals surface area contributed by atoms with Crippen LogP contribution in [0.3, 0.4) is 0 Å². The lowest BCUT2D eigenvalue weighted by molar-refractivity contribution is -0.122. The maximum Gasteiger partial charge on any atom is 0.140 e. The Morgan fingerprint density at radius 3 is 2.65 bits per heavy atom. The summed E-state index contributed by atoms with van der Waals surface area (Å²) in [7, 11) is 0. The summed E-state index contributed by atoms with van der Waals surface area (Å²) in [6, 6.07) is 4.83. The molecule has 0 aromatic heterocycles. The molecule has 1 aromatic rings. The molecule has 0 aliphatic heterocycles. The van der Waals surface area contributed by atoms with E-state index in [1.54, 1.807) is 12.1 Å². The molecule has 1 nitrogen and oxygen atoms in total. The first-order valence-corrected chi connectivity index (χ1v) is 6.89. The summed E-state index contributed by atoms with van der Waals surface area (Å²) < 4.78 is 13.5. The predicted octanol–water partition coefficient (Wildman–Crippen LogP) is 3.75. The van der Waals surface area contributed by atoms with Crippen molar-refractivity contribution in [3.05, 3.63) is 34.1 Å². The van der Waals surface area contributed by atoms with Crippen molar-refractivity contribution >= 4 is 21.7 Å². The van der Waals surface area contributed by atoms with Crippen LogP contribution in [-0.2, 0) is 11.2 Å². The number of carbonyl (C=O) groups excluding carboxylic acids is 1. The number of fused-ring (bicyclic) bond motifs is 1. The maximum absolute atomic E-state index is 13.1. The highest BCUT2D eigenvalue weighted by molar-refractivity contribution is 9.10. The molecule has 2 saturated carbocycles. The summed E-state index contributed by atoms with van der Waals surface area (Å²) in [6.45, 7) is 0. The molecule has 3 rings (SSSR count). The standard InChI is InChI=1S/C14H14BrFO/c15-12-3-8(1-2-13(12)16)4-14(17)11-6-9-5-10(9)7-11/h1-3,9-11H,4-7H2. The average Bonchev–Trinajstić information content (AvgIpc) is 2.91. The first-order valence-electron chi connectivity index (χ1n) is 6.10. The smallest absolute Gasteiger partial charge is 0.140 e. The van der Waals surface area contributed by atoms with Crippen molar-refractivity contribution in [2.24, 2.45) is 17.8 Å². The molecule has 17 heavy (non-hydrogen) atoms. The van der Waals surface area contributed by atoms with Crippen LogP contribution in [0.5, 0.6) is 0 Å². The summed E-state index contributed by atoms with van der Waals surface area (Å²) in [5.41, 5.74) is 0.906. The Morgan fingerprint density at radius 1 is 1.29 bits per heavy atom. The number of hydrogen-bond donors (Lipinski definition) is 0. The topological polar surface area (TPSA) is 17.1 Å². The SMILES string of the molecule is O=C(Cc1ccc(F)c(Br)c1)C1CC2CC2C1. The summed E-state index contributed by atoms with van der Waals surface area (Å²) in [4.78, 5) is 12.1. The fourth-order valence-corrected chi connectivity index (χ4v) is 3.40. The zero-order valence-electron chi connectivity index (χ0n) is 9.46. The van der Waals surface area contributed by atoms with Gasteiger partial charge < -0.3 is 0 Å². The molecule has 0 amide bonds. The molecule has 2 unspecified atom stereocenters. The Kier molecular flexibility index (Phi) is 2.81. The van der Waals surface area contributed by atoms with Crippen LogP contribution in [0.15, 0.2) is 22.7 Å². The van der Waals surface area contributed by atoms with E-state index >= 15 is 0 Å². The quantitative estimate of drug-likeness (QED) is 0.830. The molecular weight excluding hydrogens is 283 g/mol. The summed E-state index contributed by atoms with van der Waals surface area (Å²) in [5.74, 6) is 1.99. The molecule has 3 heteroatoms. The normalized spacial score (nSPS) is 30.1. The minimum absolute atomic E-state index is 0.266. The highest BCUT2D eigenvalue weighted by Gasteiger charge is 2.47. The number of halogens is 2. The predicted molar refractivity (Wildman–Crippen MR) is 67.1 cm³/mol. The molecule has 0 N–H and O–H groups in total. The second-order valence-electron chi connectivity index (χ2n) is 5.32. The molecule has 0 saturated heterocycles. The van der Waals surface area contributed by atoms with Gasteiger partial charge in [0.1, 0.15) is 11.6 Å². The number of hydrogen-bond acceptors (Lipinski definition) is 1. The second kappa shape index (κ2) is 4.20. The first-order chi connectivity index (χ1) is 8.13. The van der Waals surface area contributed by atoms with Gasteiger partial charge in [-0.15, -0.1) is 0 Å². The van der Waals surface area contributed by atoms with Gasteiger partial charge in [-0.25, -0.2) is 4.39 Å². The molecule has 0 spiro atoms. The van der Waals surface area contributed by atoms with E-state index in [0.29, 0.717) is 16.7 Å². The van der Waals surface area contributed by atoms with Crippen molar-refractivity contribution in [1.29, 1.82) is 0 Å². The fourth-order valence-electron chi connectivity index (χ4n) is 2.97. The lowest BCUT2D eigenvalue weighted by atomic mass is 9.94. The van der Waals surface area contributed by atoms with Crippen molar-refractivity contribution in [3.63, 3.8) is 0 Å². The minimum Gasteiger partial charge on any atom is -0.299 e. The van der Waals surface area contributed by atoms with E-state index in [-0.39, 0.29) is 11.7 Å². The van der Waals surface area contributed by atoms with Gasteiger partial charge in [0.2, 0.25) is 0 Å². The molecule has 2 aliphatic rings.